The van der Waals surface area contributed by atoms with Gasteiger partial charge in [0.2, 0.25) is 5.91 Å². The van der Waals surface area contributed by atoms with E-state index in [9.17, 15) is 9.59 Å². The van der Waals surface area contributed by atoms with Gasteiger partial charge in [0.1, 0.15) is 6.61 Å². The monoisotopic (exact) mass is 478 g/mol. The molecule has 1 saturated heterocycles. The Hall–Kier alpha value is -3.12. The van der Waals surface area contributed by atoms with Crippen LogP contribution in [-0.4, -0.2) is 48.3 Å². The van der Waals surface area contributed by atoms with Crippen molar-refractivity contribution in [1.82, 2.24) is 9.47 Å². The summed E-state index contributed by atoms with van der Waals surface area (Å²) in [6.45, 7) is 7.28. The van der Waals surface area contributed by atoms with E-state index in [0.717, 1.165) is 42.3 Å². The molecule has 0 radical (unpaired) electrons. The van der Waals surface area contributed by atoms with Crippen LogP contribution in [0.25, 0.3) is 10.9 Å². The summed E-state index contributed by atoms with van der Waals surface area (Å²) in [5, 5.41) is 1.14. The summed E-state index contributed by atoms with van der Waals surface area (Å²) in [4.78, 5) is 27.7. The maximum absolute atomic E-state index is 13.7. The largest absolute Gasteiger partial charge is 0.447 e. The summed E-state index contributed by atoms with van der Waals surface area (Å²) in [6.07, 6.45) is 2.80. The third-order valence-corrected chi connectivity index (χ3v) is 6.50. The molecule has 2 heterocycles. The van der Waals surface area contributed by atoms with E-state index < -0.39 is 6.09 Å². The fourth-order valence-corrected chi connectivity index (χ4v) is 5.20. The Kier molecular flexibility index (Phi) is 9.49. The molecule has 1 aromatic heterocycles. The number of carbonyl (C=O) groups excluding carboxylic acids is 2. The lowest BCUT2D eigenvalue weighted by Gasteiger charge is -2.28. The molecule has 0 spiro atoms. The van der Waals surface area contributed by atoms with E-state index in [1.807, 2.05) is 56.3 Å². The van der Waals surface area contributed by atoms with Crippen LogP contribution in [-0.2, 0) is 33.7 Å². The first-order chi connectivity index (χ1) is 17.1. The van der Waals surface area contributed by atoms with Crippen molar-refractivity contribution in [2.45, 2.75) is 65.0 Å². The topological polar surface area (TPSA) is 60.8 Å². The third kappa shape index (κ3) is 5.43. The molecule has 6 nitrogen and oxygen atoms in total. The summed E-state index contributed by atoms with van der Waals surface area (Å²) >= 11 is 0. The SMILES string of the molecule is CC.CCn1c2c(c3ccccc31)C(C(=O)N1C(=O)OCC1Cc1ccccc1)CCC2.COC. The number of cyclic esters (lactones) is 1. The van der Waals surface area contributed by atoms with E-state index in [4.69, 9.17) is 4.74 Å². The molecular weight excluding hydrogens is 440 g/mol. The van der Waals surface area contributed by atoms with Crippen LogP contribution in [0.4, 0.5) is 4.79 Å². The number of hydrogen-bond acceptors (Lipinski definition) is 4. The lowest BCUT2D eigenvalue weighted by molar-refractivity contribution is -0.131. The minimum Gasteiger partial charge on any atom is -0.447 e. The van der Waals surface area contributed by atoms with Gasteiger partial charge in [-0.2, -0.15) is 0 Å². The standard InChI is InChI=1S/C25H26N2O3.C2H6O.C2H6/c1-2-26-21-13-7-6-11-19(21)23-20(12-8-14-22(23)26)24(28)27-18(16-30-25(27)29)15-17-9-4-3-5-10-17;1-3-2;1-2/h3-7,9-11,13,18,20H,2,8,12,14-16H2,1H3;1-2H3;1-2H3. The van der Waals surface area contributed by atoms with Gasteiger partial charge in [0, 0.05) is 37.4 Å². The number of ether oxygens (including phenoxy) is 2. The summed E-state index contributed by atoms with van der Waals surface area (Å²) < 4.78 is 11.9. The van der Waals surface area contributed by atoms with Gasteiger partial charge in [0.05, 0.1) is 12.0 Å². The average molecular weight is 479 g/mol. The second-order valence-electron chi connectivity index (χ2n) is 8.60. The average Bonchev–Trinajstić information content (AvgIpc) is 3.42. The predicted molar refractivity (Wildman–Crippen MR) is 140 cm³/mol. The first-order valence-electron chi connectivity index (χ1n) is 12.6. The number of methoxy groups -OCH3 is 1. The number of aromatic nitrogens is 1. The zero-order chi connectivity index (χ0) is 25.4. The second-order valence-corrected chi connectivity index (χ2v) is 8.60. The van der Waals surface area contributed by atoms with Gasteiger partial charge >= 0.3 is 6.09 Å². The van der Waals surface area contributed by atoms with Crippen LogP contribution in [0.15, 0.2) is 54.6 Å². The number of benzene rings is 2. The maximum Gasteiger partial charge on any atom is 0.417 e. The summed E-state index contributed by atoms with van der Waals surface area (Å²) in [5.41, 5.74) is 4.64. The molecule has 2 aromatic carbocycles. The highest BCUT2D eigenvalue weighted by molar-refractivity contribution is 6.00. The Morgan fingerprint density at radius 3 is 2.40 bits per heavy atom. The molecule has 0 bridgehead atoms. The molecule has 2 amide bonds. The highest BCUT2D eigenvalue weighted by Crippen LogP contribution is 2.41. The molecule has 6 heteroatoms. The van der Waals surface area contributed by atoms with E-state index in [-0.39, 0.29) is 24.5 Å². The smallest absolute Gasteiger partial charge is 0.417 e. The zero-order valence-corrected chi connectivity index (χ0v) is 21.6. The number of amides is 2. The number of para-hydroxylation sites is 1. The molecule has 2 unspecified atom stereocenters. The van der Waals surface area contributed by atoms with E-state index >= 15 is 0 Å². The van der Waals surface area contributed by atoms with Gasteiger partial charge in [0.15, 0.2) is 0 Å². The Morgan fingerprint density at radius 2 is 1.71 bits per heavy atom. The molecule has 1 aliphatic heterocycles. The minimum absolute atomic E-state index is 0.113. The quantitative estimate of drug-likeness (QED) is 0.464. The fourth-order valence-electron chi connectivity index (χ4n) is 5.20. The van der Waals surface area contributed by atoms with Crippen molar-refractivity contribution in [3.8, 4) is 0 Å². The van der Waals surface area contributed by atoms with Crippen molar-refractivity contribution in [3.05, 3.63) is 71.4 Å². The third-order valence-electron chi connectivity index (χ3n) is 6.50. The Labute approximate surface area is 208 Å². The lowest BCUT2D eigenvalue weighted by atomic mass is 9.83. The first kappa shape index (κ1) is 26.5. The first-order valence-corrected chi connectivity index (χ1v) is 12.6. The highest BCUT2D eigenvalue weighted by Gasteiger charge is 2.43. The lowest BCUT2D eigenvalue weighted by Crippen LogP contribution is -2.43. The Balaban J connectivity index is 0.000000638. The van der Waals surface area contributed by atoms with Crippen LogP contribution in [0, 0.1) is 0 Å². The Bertz CT molecular complexity index is 1120. The van der Waals surface area contributed by atoms with E-state index in [1.54, 1.807) is 14.2 Å². The predicted octanol–water partition coefficient (Wildman–Crippen LogP) is 5.96. The maximum atomic E-state index is 13.7. The number of nitrogens with zero attached hydrogens (tertiary/aromatic N) is 2. The normalized spacial score (nSPS) is 18.7. The number of aryl methyl sites for hydroxylation is 1. The molecule has 1 fully saturated rings. The highest BCUT2D eigenvalue weighted by atomic mass is 16.6. The number of rotatable bonds is 4. The van der Waals surface area contributed by atoms with Crippen molar-refractivity contribution in [3.63, 3.8) is 0 Å². The van der Waals surface area contributed by atoms with Crippen LogP contribution in [0.1, 0.15) is 56.4 Å². The molecule has 2 aliphatic rings. The van der Waals surface area contributed by atoms with Crippen LogP contribution < -0.4 is 0 Å². The summed E-state index contributed by atoms with van der Waals surface area (Å²) in [7, 11) is 3.25. The molecule has 2 atom stereocenters. The molecule has 1 aliphatic carbocycles. The molecule has 35 heavy (non-hydrogen) atoms. The van der Waals surface area contributed by atoms with Gasteiger partial charge in [0.25, 0.3) is 0 Å². The molecule has 3 aromatic rings. The fraction of sp³-hybridized carbons (Fsp3) is 0.448. The summed E-state index contributed by atoms with van der Waals surface area (Å²) in [5.74, 6) is -0.409. The van der Waals surface area contributed by atoms with Gasteiger partial charge < -0.3 is 14.0 Å². The number of hydrogen-bond donors (Lipinski definition) is 0. The van der Waals surface area contributed by atoms with Gasteiger partial charge in [-0.05, 0) is 49.8 Å². The minimum atomic E-state index is -0.507. The molecule has 0 N–H and O–H groups in total. The number of imide groups is 1. The molecule has 0 saturated carbocycles. The number of carbonyl (C=O) groups is 2. The molecule has 5 rings (SSSR count). The van der Waals surface area contributed by atoms with Crippen LogP contribution in [0.2, 0.25) is 0 Å². The van der Waals surface area contributed by atoms with Crippen LogP contribution in [0.5, 0.6) is 0 Å². The van der Waals surface area contributed by atoms with Crippen molar-refractivity contribution in [2.75, 3.05) is 20.8 Å². The zero-order valence-electron chi connectivity index (χ0n) is 21.6. The van der Waals surface area contributed by atoms with E-state index in [0.29, 0.717) is 6.42 Å². The Morgan fingerprint density at radius 1 is 1.06 bits per heavy atom. The van der Waals surface area contributed by atoms with Crippen molar-refractivity contribution < 1.29 is 19.1 Å². The van der Waals surface area contributed by atoms with Crippen LogP contribution in [0.3, 0.4) is 0 Å². The van der Waals surface area contributed by atoms with Crippen molar-refractivity contribution in [2.24, 2.45) is 0 Å². The van der Waals surface area contributed by atoms with Crippen molar-refractivity contribution in [1.29, 1.82) is 0 Å². The van der Waals surface area contributed by atoms with Gasteiger partial charge in [-0.3, -0.25) is 4.79 Å². The summed E-state index contributed by atoms with van der Waals surface area (Å²) in [6, 6.07) is 18.0. The van der Waals surface area contributed by atoms with Gasteiger partial charge in [-0.1, -0.05) is 62.4 Å². The number of fused-ring (bicyclic) bond motifs is 3. The van der Waals surface area contributed by atoms with Gasteiger partial charge in [-0.25, -0.2) is 9.69 Å². The van der Waals surface area contributed by atoms with Crippen molar-refractivity contribution >= 4 is 22.9 Å². The second kappa shape index (κ2) is 12.5. The molecule has 188 valence electrons. The van der Waals surface area contributed by atoms with Crippen LogP contribution >= 0.6 is 0 Å². The van der Waals surface area contributed by atoms with Gasteiger partial charge in [-0.15, -0.1) is 0 Å². The van der Waals surface area contributed by atoms with E-state index in [2.05, 4.69) is 28.4 Å². The van der Waals surface area contributed by atoms with E-state index in [1.165, 1.54) is 16.1 Å². The molecular formula is C29H38N2O4.